The Balaban J connectivity index is 0.000000315. The van der Waals surface area contributed by atoms with Crippen molar-refractivity contribution in [3.63, 3.8) is 0 Å². The maximum atomic E-state index is 11.9. The van der Waals surface area contributed by atoms with Crippen molar-refractivity contribution in [1.82, 2.24) is 0 Å². The molecule has 6 aromatic rings. The molecule has 462 valence electrons. The van der Waals surface area contributed by atoms with Crippen LogP contribution in [0.3, 0.4) is 0 Å². The molecule has 9 heteroatoms. The average molecular weight is 1180 g/mol. The second kappa shape index (κ2) is 28.7. The third kappa shape index (κ3) is 17.2. The largest absolute Gasteiger partial charge is 0.508 e. The van der Waals surface area contributed by atoms with Gasteiger partial charge in [0.05, 0.1) is 39.3 Å². The number of aliphatic hydroxyl groups excluding tert-OH is 1. The first-order chi connectivity index (χ1) is 39.6. The number of methoxy groups -OCH3 is 2. The zero-order valence-corrected chi connectivity index (χ0v) is 57.0. The molecule has 0 spiro atoms. The van der Waals surface area contributed by atoms with Gasteiger partial charge in [-0.15, -0.1) is 0 Å². The quantitative estimate of drug-likeness (QED) is 0.0454. The van der Waals surface area contributed by atoms with Crippen LogP contribution >= 0.6 is 0 Å². The summed E-state index contributed by atoms with van der Waals surface area (Å²) in [7, 11) is 0.865. The smallest absolute Gasteiger partial charge is 0.309 e. The molecule has 6 rings (SSSR count). The van der Waals surface area contributed by atoms with Crippen molar-refractivity contribution < 1.29 is 38.8 Å². The summed E-state index contributed by atoms with van der Waals surface area (Å²) in [4.78, 5) is 23.7. The number of esters is 2. The third-order valence-electron chi connectivity index (χ3n) is 19.1. The first-order valence-electron chi connectivity index (χ1n) is 31.2. The summed E-state index contributed by atoms with van der Waals surface area (Å²) >= 11 is 0. The molecule has 0 heterocycles. The Morgan fingerprint density at radius 3 is 1.14 bits per heavy atom. The van der Waals surface area contributed by atoms with E-state index in [-0.39, 0.29) is 75.2 Å². The molecule has 0 aliphatic heterocycles. The highest BCUT2D eigenvalue weighted by molar-refractivity contribution is 6.74. The standard InChI is InChI=1S/C41H60O4Si.C35H46O4/c1-14-41(15-2,34-19-20-36(29(4)23-34)32-24-30(25-35(42)27-32)26-38(43)44-11)33-18-16-31(28(3)22-33)17-21-37(39(5,6)7)45-46(12,13)40(8,9)10;1-9-35(10-2,28-13-11-26(23(3)17-28)12-16-32(37)34(5,6)7)29-14-15-31(24(4)18-29)27-19-25(20-30(36)22-27)21-33(38)39-8/h16,18-20,22-25,27,37,42H,14-15,17,21,26H2,1-13H3;11,13-15,17-20,22,32,36-37H,9-10,12,16,21H2,1-8H3. The molecule has 0 saturated heterocycles. The van der Waals surface area contributed by atoms with Crippen LogP contribution in [0.2, 0.25) is 18.1 Å². The fraction of sp³-hybridized carbons (Fsp3) is 0.500. The summed E-state index contributed by atoms with van der Waals surface area (Å²) in [6, 6.07) is 38.0. The van der Waals surface area contributed by atoms with Crippen LogP contribution in [0.25, 0.3) is 22.3 Å². The summed E-state index contributed by atoms with van der Waals surface area (Å²) in [5.41, 5.74) is 17.9. The summed E-state index contributed by atoms with van der Waals surface area (Å²) in [6.45, 7) is 42.6. The van der Waals surface area contributed by atoms with E-state index in [1.807, 2.05) is 12.1 Å². The second-order valence-corrected chi connectivity index (χ2v) is 32.7. The highest BCUT2D eigenvalue weighted by Crippen LogP contribution is 2.45. The topological polar surface area (TPSA) is 123 Å². The van der Waals surface area contributed by atoms with Crippen LogP contribution in [0.5, 0.6) is 11.5 Å². The van der Waals surface area contributed by atoms with Crippen LogP contribution in [-0.4, -0.2) is 62.0 Å². The van der Waals surface area contributed by atoms with Crippen LogP contribution < -0.4 is 0 Å². The van der Waals surface area contributed by atoms with Crippen LogP contribution in [-0.2, 0) is 60.0 Å². The van der Waals surface area contributed by atoms with E-state index >= 15 is 0 Å². The van der Waals surface area contributed by atoms with Gasteiger partial charge in [-0.25, -0.2) is 0 Å². The van der Waals surface area contributed by atoms with E-state index in [9.17, 15) is 24.9 Å². The number of rotatable bonds is 22. The lowest BCUT2D eigenvalue weighted by Crippen LogP contribution is -2.47. The molecular weight excluding hydrogens is 1070 g/mol. The fourth-order valence-electron chi connectivity index (χ4n) is 12.1. The number of phenols is 2. The Morgan fingerprint density at radius 2 is 0.835 bits per heavy atom. The minimum Gasteiger partial charge on any atom is -0.508 e. The van der Waals surface area contributed by atoms with Crippen LogP contribution in [0.4, 0.5) is 0 Å². The molecule has 85 heavy (non-hydrogen) atoms. The molecule has 3 N–H and O–H groups in total. The minimum absolute atomic E-state index is 0.0778. The third-order valence-corrected chi connectivity index (χ3v) is 23.5. The number of carbonyl (C=O) groups excluding carboxylic acids is 2. The van der Waals surface area contributed by atoms with Crippen molar-refractivity contribution in [1.29, 1.82) is 0 Å². The maximum absolute atomic E-state index is 11.9. The first kappa shape index (κ1) is 69.8. The van der Waals surface area contributed by atoms with Gasteiger partial charge in [-0.05, 0) is 221 Å². The Hall–Kier alpha value is -6.00. The number of benzene rings is 6. The highest BCUT2D eigenvalue weighted by atomic mass is 28.4. The molecule has 2 unspecified atom stereocenters. The number of phenolic OH excluding ortho intramolecular Hbond substituents is 2. The Labute approximate surface area is 514 Å². The van der Waals surface area contributed by atoms with Crippen molar-refractivity contribution in [2.24, 2.45) is 10.8 Å². The summed E-state index contributed by atoms with van der Waals surface area (Å²) in [5.74, 6) is -0.376. The lowest BCUT2D eigenvalue weighted by atomic mass is 9.69. The summed E-state index contributed by atoms with van der Waals surface area (Å²) < 4.78 is 16.6. The number of hydrogen-bond donors (Lipinski definition) is 3. The normalized spacial score (nSPS) is 13.2. The highest BCUT2D eigenvalue weighted by Gasteiger charge is 2.42. The fourth-order valence-corrected chi connectivity index (χ4v) is 13.7. The summed E-state index contributed by atoms with van der Waals surface area (Å²) in [5, 5.41) is 31.5. The number of ether oxygens (including phenoxy) is 2. The molecule has 0 saturated carbocycles. The predicted octanol–water partition coefficient (Wildman–Crippen LogP) is 18.7. The molecule has 0 aliphatic carbocycles. The molecule has 8 nitrogen and oxygen atoms in total. The molecule has 0 bridgehead atoms. The van der Waals surface area contributed by atoms with Gasteiger partial charge >= 0.3 is 11.9 Å². The average Bonchev–Trinajstić information content (AvgIpc) is 1.49. The summed E-state index contributed by atoms with van der Waals surface area (Å²) in [6.07, 6.45) is 7.69. The van der Waals surface area contributed by atoms with Crippen molar-refractivity contribution >= 4 is 20.3 Å². The van der Waals surface area contributed by atoms with E-state index in [2.05, 4.69) is 204 Å². The molecule has 6 aromatic carbocycles. The molecular formula is C76H106O8Si. The van der Waals surface area contributed by atoms with Crippen molar-refractivity contribution in [3.8, 4) is 33.8 Å². The van der Waals surface area contributed by atoms with Crippen LogP contribution in [0, 0.1) is 38.5 Å². The van der Waals surface area contributed by atoms with Crippen molar-refractivity contribution in [3.05, 3.63) is 176 Å². The molecule has 0 aromatic heterocycles. The first-order valence-corrected chi connectivity index (χ1v) is 34.1. The van der Waals surface area contributed by atoms with Gasteiger partial charge in [0.1, 0.15) is 11.5 Å². The second-order valence-electron chi connectivity index (χ2n) is 27.9. The van der Waals surface area contributed by atoms with Gasteiger partial charge in [0.25, 0.3) is 0 Å². The molecule has 0 fully saturated rings. The molecule has 0 amide bonds. The van der Waals surface area contributed by atoms with Gasteiger partial charge in [0.2, 0.25) is 0 Å². The van der Waals surface area contributed by atoms with Gasteiger partial charge in [-0.2, -0.15) is 0 Å². The van der Waals surface area contributed by atoms with Gasteiger partial charge in [0, 0.05) is 10.8 Å². The zero-order valence-electron chi connectivity index (χ0n) is 56.0. The Morgan fingerprint density at radius 1 is 0.482 bits per heavy atom. The van der Waals surface area contributed by atoms with Gasteiger partial charge in [-0.3, -0.25) is 9.59 Å². The monoisotopic (exact) mass is 1170 g/mol. The molecule has 0 aliphatic rings. The van der Waals surface area contributed by atoms with Gasteiger partial charge in [0.15, 0.2) is 8.32 Å². The number of aryl methyl sites for hydroxylation is 6. The van der Waals surface area contributed by atoms with Gasteiger partial charge in [-0.1, -0.05) is 175 Å². The molecule has 0 radical (unpaired) electrons. The number of carbonyl (C=O) groups is 2. The van der Waals surface area contributed by atoms with E-state index in [1.165, 1.54) is 58.7 Å². The number of hydrogen-bond acceptors (Lipinski definition) is 8. The lowest BCUT2D eigenvalue weighted by molar-refractivity contribution is -0.140. The predicted molar refractivity (Wildman–Crippen MR) is 357 cm³/mol. The van der Waals surface area contributed by atoms with Crippen LogP contribution in [0.1, 0.15) is 195 Å². The zero-order chi connectivity index (χ0) is 63.6. The van der Waals surface area contributed by atoms with Crippen molar-refractivity contribution in [2.75, 3.05) is 14.2 Å². The maximum Gasteiger partial charge on any atom is 0.309 e. The van der Waals surface area contributed by atoms with E-state index in [0.29, 0.717) is 0 Å². The van der Waals surface area contributed by atoms with E-state index in [1.54, 1.807) is 24.3 Å². The van der Waals surface area contributed by atoms with E-state index < -0.39 is 8.32 Å². The SMILES string of the molecule is CCC(CC)(c1ccc(CCC(O)C(C)(C)C)c(C)c1)c1ccc(-c2cc(O)cc(CC(=O)OC)c2)c(C)c1.CCC(CC)(c1ccc(CCC(O[Si](C)(C)C(C)(C)C)C(C)(C)C)c(C)c1)c1ccc(-c2cc(O)cc(CC(=O)OC)c2)c(C)c1. The van der Waals surface area contributed by atoms with E-state index in [0.717, 1.165) is 95.9 Å². The van der Waals surface area contributed by atoms with Gasteiger partial charge < -0.3 is 29.2 Å². The minimum atomic E-state index is -1.89. The Bertz CT molecular complexity index is 3230. The molecule has 2 atom stereocenters. The number of aliphatic hydroxyl groups is 1. The lowest BCUT2D eigenvalue weighted by Gasteiger charge is -2.43. The van der Waals surface area contributed by atoms with Crippen LogP contribution in [0.15, 0.2) is 109 Å². The van der Waals surface area contributed by atoms with E-state index in [4.69, 9.17) is 13.9 Å². The van der Waals surface area contributed by atoms with Crippen molar-refractivity contribution in [2.45, 2.75) is 223 Å². The number of aromatic hydroxyl groups is 2. The Kier molecular flexibility index (Phi) is 23.5.